The third-order valence-corrected chi connectivity index (χ3v) is 3.33. The van der Waals surface area contributed by atoms with E-state index in [2.05, 4.69) is 5.32 Å². The van der Waals surface area contributed by atoms with Crippen molar-refractivity contribution in [3.8, 4) is 5.75 Å². The number of aromatic hydroxyl groups is 1. The van der Waals surface area contributed by atoms with Crippen LogP contribution in [0.15, 0.2) is 54.6 Å². The maximum atomic E-state index is 11.6. The average Bonchev–Trinajstić information content (AvgIpc) is 2.53. The fraction of sp³-hybridized carbons (Fsp3) is 0.235. The Morgan fingerprint density at radius 2 is 1.81 bits per heavy atom. The highest BCUT2D eigenvalue weighted by Gasteiger charge is 2.16. The summed E-state index contributed by atoms with van der Waals surface area (Å²) in [4.78, 5) is 11.6. The molecule has 0 aliphatic rings. The minimum atomic E-state index is -0.270. The van der Waals surface area contributed by atoms with Crippen LogP contribution in [-0.2, 0) is 16.1 Å². The molecule has 2 aromatic rings. The molecule has 2 rings (SSSR count). The van der Waals surface area contributed by atoms with Crippen molar-refractivity contribution < 1.29 is 14.6 Å². The maximum absolute atomic E-state index is 11.6. The molecular weight excluding hydrogens is 266 g/mol. The van der Waals surface area contributed by atoms with Crippen LogP contribution < -0.4 is 5.32 Å². The Bertz CT molecular complexity index is 584. The lowest BCUT2D eigenvalue weighted by molar-refractivity contribution is -0.141. The summed E-state index contributed by atoms with van der Waals surface area (Å²) in [5.41, 5.74) is 1.81. The summed E-state index contributed by atoms with van der Waals surface area (Å²) in [6.07, 6.45) is 0.244. The van der Waals surface area contributed by atoms with Gasteiger partial charge in [-0.3, -0.25) is 4.79 Å². The number of benzene rings is 2. The molecule has 21 heavy (non-hydrogen) atoms. The molecule has 0 bridgehead atoms. The van der Waals surface area contributed by atoms with E-state index in [1.165, 1.54) is 7.11 Å². The Morgan fingerprint density at radius 1 is 1.14 bits per heavy atom. The molecule has 0 heterocycles. The molecule has 2 aromatic carbocycles. The summed E-state index contributed by atoms with van der Waals surface area (Å²) >= 11 is 0. The number of rotatable bonds is 6. The van der Waals surface area contributed by atoms with Gasteiger partial charge in [0.15, 0.2) is 0 Å². The fourth-order valence-corrected chi connectivity index (χ4v) is 2.14. The third kappa shape index (κ3) is 4.33. The molecule has 0 aliphatic heterocycles. The molecule has 0 fully saturated rings. The first kappa shape index (κ1) is 15.1. The van der Waals surface area contributed by atoms with Crippen LogP contribution in [0.2, 0.25) is 0 Å². The Kier molecular flexibility index (Phi) is 5.35. The second kappa shape index (κ2) is 7.45. The zero-order valence-electron chi connectivity index (χ0n) is 12.0. The Hall–Kier alpha value is -2.33. The van der Waals surface area contributed by atoms with Gasteiger partial charge in [-0.05, 0) is 11.6 Å². The number of ether oxygens (including phenoxy) is 1. The number of phenolic OH excluding ortho intramolecular Hbond substituents is 1. The van der Waals surface area contributed by atoms with Crippen LogP contribution >= 0.6 is 0 Å². The van der Waals surface area contributed by atoms with Crippen molar-refractivity contribution >= 4 is 5.97 Å². The van der Waals surface area contributed by atoms with Gasteiger partial charge in [0.05, 0.1) is 13.5 Å². The van der Waals surface area contributed by atoms with Gasteiger partial charge in [0, 0.05) is 18.2 Å². The summed E-state index contributed by atoms with van der Waals surface area (Å²) in [6, 6.07) is 16.7. The number of carbonyl (C=O) groups excluding carboxylic acids is 1. The second-order valence-electron chi connectivity index (χ2n) is 4.75. The van der Waals surface area contributed by atoms with Crippen molar-refractivity contribution in [2.24, 2.45) is 0 Å². The second-order valence-corrected chi connectivity index (χ2v) is 4.75. The predicted molar refractivity (Wildman–Crippen MR) is 80.8 cm³/mol. The zero-order valence-corrected chi connectivity index (χ0v) is 12.0. The number of para-hydroxylation sites is 1. The van der Waals surface area contributed by atoms with Gasteiger partial charge in [0.25, 0.3) is 0 Å². The Morgan fingerprint density at radius 3 is 2.48 bits per heavy atom. The van der Waals surface area contributed by atoms with Crippen LogP contribution in [0.3, 0.4) is 0 Å². The van der Waals surface area contributed by atoms with Crippen LogP contribution in [0.4, 0.5) is 0 Å². The minimum Gasteiger partial charge on any atom is -0.508 e. The van der Waals surface area contributed by atoms with E-state index in [1.807, 2.05) is 42.5 Å². The topological polar surface area (TPSA) is 58.6 Å². The summed E-state index contributed by atoms with van der Waals surface area (Å²) in [5, 5.41) is 13.1. The first-order valence-corrected chi connectivity index (χ1v) is 6.82. The van der Waals surface area contributed by atoms with Gasteiger partial charge in [-0.15, -0.1) is 0 Å². The van der Waals surface area contributed by atoms with Crippen molar-refractivity contribution in [3.63, 3.8) is 0 Å². The molecule has 4 nitrogen and oxygen atoms in total. The molecule has 0 aliphatic carbocycles. The van der Waals surface area contributed by atoms with Crippen LogP contribution in [0.25, 0.3) is 0 Å². The molecule has 0 aromatic heterocycles. The highest BCUT2D eigenvalue weighted by atomic mass is 16.5. The molecular formula is C17H19NO3. The number of phenols is 1. The van der Waals surface area contributed by atoms with Gasteiger partial charge < -0.3 is 15.2 Å². The SMILES string of the molecule is COC(=O)CC(NCc1ccccc1O)c1ccccc1. The molecule has 1 atom stereocenters. The summed E-state index contributed by atoms with van der Waals surface area (Å²) < 4.78 is 4.75. The van der Waals surface area contributed by atoms with Gasteiger partial charge in [0.2, 0.25) is 0 Å². The monoisotopic (exact) mass is 285 g/mol. The van der Waals surface area contributed by atoms with Gasteiger partial charge in [0.1, 0.15) is 5.75 Å². The van der Waals surface area contributed by atoms with E-state index in [0.717, 1.165) is 11.1 Å². The molecule has 0 amide bonds. The normalized spacial score (nSPS) is 11.9. The van der Waals surface area contributed by atoms with E-state index in [0.29, 0.717) is 6.54 Å². The first-order valence-electron chi connectivity index (χ1n) is 6.82. The predicted octanol–water partition coefficient (Wildman–Crippen LogP) is 2.79. The third-order valence-electron chi connectivity index (χ3n) is 3.33. The van der Waals surface area contributed by atoms with Gasteiger partial charge in [-0.1, -0.05) is 48.5 Å². The number of methoxy groups -OCH3 is 1. The highest BCUT2D eigenvalue weighted by Crippen LogP contribution is 2.20. The highest BCUT2D eigenvalue weighted by molar-refractivity contribution is 5.70. The fourth-order valence-electron chi connectivity index (χ4n) is 2.14. The van der Waals surface area contributed by atoms with Crippen molar-refractivity contribution in [2.75, 3.05) is 7.11 Å². The molecule has 0 spiro atoms. The number of nitrogens with one attached hydrogen (secondary N) is 1. The molecule has 0 saturated carbocycles. The standard InChI is InChI=1S/C17H19NO3/c1-21-17(20)11-15(13-7-3-2-4-8-13)18-12-14-9-5-6-10-16(14)19/h2-10,15,18-19H,11-12H2,1H3. The van der Waals surface area contributed by atoms with E-state index in [9.17, 15) is 9.90 Å². The summed E-state index contributed by atoms with van der Waals surface area (Å²) in [7, 11) is 1.38. The largest absolute Gasteiger partial charge is 0.508 e. The van der Waals surface area contributed by atoms with Crippen molar-refractivity contribution in [1.82, 2.24) is 5.32 Å². The molecule has 0 radical (unpaired) electrons. The Balaban J connectivity index is 2.09. The molecule has 110 valence electrons. The van der Waals surface area contributed by atoms with Crippen LogP contribution in [-0.4, -0.2) is 18.2 Å². The lowest BCUT2D eigenvalue weighted by Gasteiger charge is -2.18. The van der Waals surface area contributed by atoms with E-state index in [1.54, 1.807) is 12.1 Å². The molecule has 0 saturated heterocycles. The minimum absolute atomic E-state index is 0.154. The van der Waals surface area contributed by atoms with Gasteiger partial charge in [-0.25, -0.2) is 0 Å². The van der Waals surface area contributed by atoms with Crippen LogP contribution in [0.1, 0.15) is 23.6 Å². The zero-order chi connectivity index (χ0) is 15.1. The lowest BCUT2D eigenvalue weighted by atomic mass is 10.0. The summed E-state index contributed by atoms with van der Waals surface area (Å²) in [6.45, 7) is 0.475. The number of esters is 1. The number of carbonyl (C=O) groups is 1. The number of hydrogen-bond donors (Lipinski definition) is 2. The van der Waals surface area contributed by atoms with Crippen molar-refractivity contribution in [3.05, 3.63) is 65.7 Å². The van der Waals surface area contributed by atoms with E-state index >= 15 is 0 Å². The van der Waals surface area contributed by atoms with Crippen molar-refractivity contribution in [1.29, 1.82) is 0 Å². The first-order chi connectivity index (χ1) is 10.2. The van der Waals surface area contributed by atoms with E-state index in [-0.39, 0.29) is 24.2 Å². The van der Waals surface area contributed by atoms with Crippen LogP contribution in [0, 0.1) is 0 Å². The van der Waals surface area contributed by atoms with Crippen LogP contribution in [0.5, 0.6) is 5.75 Å². The smallest absolute Gasteiger partial charge is 0.307 e. The summed E-state index contributed by atoms with van der Waals surface area (Å²) in [5.74, 6) is -0.0245. The van der Waals surface area contributed by atoms with E-state index in [4.69, 9.17) is 4.74 Å². The quantitative estimate of drug-likeness (QED) is 0.801. The maximum Gasteiger partial charge on any atom is 0.307 e. The molecule has 2 N–H and O–H groups in total. The average molecular weight is 285 g/mol. The van der Waals surface area contributed by atoms with Gasteiger partial charge >= 0.3 is 5.97 Å². The van der Waals surface area contributed by atoms with Gasteiger partial charge in [-0.2, -0.15) is 0 Å². The lowest BCUT2D eigenvalue weighted by Crippen LogP contribution is -2.24. The van der Waals surface area contributed by atoms with Crippen molar-refractivity contribution in [2.45, 2.75) is 19.0 Å². The van der Waals surface area contributed by atoms with E-state index < -0.39 is 0 Å². The molecule has 4 heteroatoms. The Labute approximate surface area is 124 Å². The molecule has 1 unspecified atom stereocenters. The number of hydrogen-bond acceptors (Lipinski definition) is 4.